The zero-order valence-electron chi connectivity index (χ0n) is 34.6. The van der Waals surface area contributed by atoms with Gasteiger partial charge in [-0.3, -0.25) is 4.90 Å². The molecule has 0 bridgehead atoms. The number of halogens is 3. The monoisotopic (exact) mass is 817 g/mol. The third-order valence-electron chi connectivity index (χ3n) is 13.0. The van der Waals surface area contributed by atoms with E-state index in [0.717, 1.165) is 25.8 Å². The largest absolute Gasteiger partial charge is 0.475 e. The third kappa shape index (κ3) is 7.05. The van der Waals surface area contributed by atoms with Gasteiger partial charge < -0.3 is 28.6 Å². The summed E-state index contributed by atoms with van der Waals surface area (Å²) in [6.07, 6.45) is 1.90. The Morgan fingerprint density at radius 2 is 1.76 bits per heavy atom. The Morgan fingerprint density at radius 1 is 0.966 bits per heavy atom. The van der Waals surface area contributed by atoms with Gasteiger partial charge in [-0.05, 0) is 66.0 Å². The van der Waals surface area contributed by atoms with Crippen molar-refractivity contribution in [2.45, 2.75) is 102 Å². The Labute approximate surface area is 339 Å². The normalized spacial score (nSPS) is 22.2. The van der Waals surface area contributed by atoms with Gasteiger partial charge in [0.05, 0.1) is 23.8 Å². The van der Waals surface area contributed by atoms with Crippen LogP contribution in [0, 0.1) is 23.1 Å². The maximum absolute atomic E-state index is 17.8. The molecule has 0 N–H and O–H groups in total. The first-order valence-corrected chi connectivity index (χ1v) is 22.9. The summed E-state index contributed by atoms with van der Waals surface area (Å²) in [4.78, 5) is 18.7. The van der Waals surface area contributed by atoms with Crippen molar-refractivity contribution in [1.29, 1.82) is 0 Å². The average Bonchev–Trinajstić information content (AvgIpc) is 3.54. The highest BCUT2D eigenvalue weighted by Crippen LogP contribution is 2.46. The van der Waals surface area contributed by atoms with Gasteiger partial charge >= 0.3 is 6.01 Å². The van der Waals surface area contributed by atoms with Crippen molar-refractivity contribution in [2.24, 2.45) is 0 Å². The second-order valence-corrected chi connectivity index (χ2v) is 22.9. The van der Waals surface area contributed by atoms with E-state index in [1.54, 1.807) is 18.2 Å². The van der Waals surface area contributed by atoms with Crippen molar-refractivity contribution in [3.8, 4) is 40.4 Å². The van der Waals surface area contributed by atoms with E-state index in [4.69, 9.17) is 38.6 Å². The Bertz CT molecular complexity index is 2240. The molecule has 58 heavy (non-hydrogen) atoms. The Morgan fingerprint density at radius 3 is 2.52 bits per heavy atom. The van der Waals surface area contributed by atoms with E-state index < -0.39 is 31.4 Å². The molecule has 3 saturated heterocycles. The van der Waals surface area contributed by atoms with Crippen LogP contribution in [-0.2, 0) is 9.47 Å². The van der Waals surface area contributed by atoms with Gasteiger partial charge in [0.15, 0.2) is 12.6 Å². The fourth-order valence-electron chi connectivity index (χ4n) is 10.3. The Kier molecular flexibility index (Phi) is 11.3. The molecule has 4 aliphatic rings. The molecule has 10 nitrogen and oxygen atoms in total. The average molecular weight is 818 g/mol. The van der Waals surface area contributed by atoms with Crippen LogP contribution in [0.3, 0.4) is 0 Å². The minimum absolute atomic E-state index is 0.0177. The summed E-state index contributed by atoms with van der Waals surface area (Å²) < 4.78 is 78.8. The van der Waals surface area contributed by atoms with E-state index in [9.17, 15) is 4.39 Å². The van der Waals surface area contributed by atoms with Crippen molar-refractivity contribution >= 4 is 35.6 Å². The molecule has 4 aromatic rings. The molecule has 2 aromatic carbocycles. The van der Waals surface area contributed by atoms with Crippen molar-refractivity contribution < 1.29 is 36.9 Å². The summed E-state index contributed by atoms with van der Waals surface area (Å²) >= 11 is 0. The number of benzene rings is 2. The van der Waals surface area contributed by atoms with Crippen LogP contribution in [0.15, 0.2) is 24.3 Å². The predicted octanol–water partition coefficient (Wildman–Crippen LogP) is 8.62. The minimum atomic E-state index is -2.32. The highest BCUT2D eigenvalue weighted by atomic mass is 28.3. The van der Waals surface area contributed by atoms with Gasteiger partial charge in [-0.2, -0.15) is 9.97 Å². The van der Waals surface area contributed by atoms with Crippen LogP contribution >= 0.6 is 0 Å². The van der Waals surface area contributed by atoms with Crippen LogP contribution in [0.5, 0.6) is 17.6 Å². The van der Waals surface area contributed by atoms with E-state index in [1.807, 2.05) is 0 Å². The van der Waals surface area contributed by atoms with E-state index in [2.05, 4.69) is 62.8 Å². The molecular formula is C44H54F3N5O5Si. The number of anilines is 1. The van der Waals surface area contributed by atoms with Gasteiger partial charge in [0.1, 0.15) is 61.4 Å². The van der Waals surface area contributed by atoms with E-state index in [1.165, 1.54) is 13.2 Å². The number of ether oxygens (including phenoxy) is 5. The number of nitrogens with zero attached hydrogens (tertiary/aromatic N) is 5. The summed E-state index contributed by atoms with van der Waals surface area (Å²) in [5.41, 5.74) is 4.41. The Balaban J connectivity index is 1.36. The summed E-state index contributed by atoms with van der Waals surface area (Å²) in [7, 11) is -0.803. The number of aromatic nitrogens is 3. The van der Waals surface area contributed by atoms with E-state index >= 15 is 8.78 Å². The van der Waals surface area contributed by atoms with Crippen LogP contribution in [-0.4, -0.2) is 106 Å². The topological polar surface area (TPSA) is 91.3 Å². The molecule has 4 aliphatic heterocycles. The van der Waals surface area contributed by atoms with Gasteiger partial charge in [0.2, 0.25) is 5.88 Å². The van der Waals surface area contributed by atoms with Crippen LogP contribution in [0.25, 0.3) is 32.9 Å². The SMILES string of the molecule is COCOc1cc(-c2nc3c4c(nc(OC[C@@]56CCCN5C[C@H](F)C6)nc4c2F)N2CCCOC[C@@H]2CO3)c2c(C#C[Si](C(C)C)(C(C)C)C(C)C)c(F)ccc2c1. The lowest BCUT2D eigenvalue weighted by atomic mass is 9.95. The first-order chi connectivity index (χ1) is 27.9. The minimum Gasteiger partial charge on any atom is -0.475 e. The quantitative estimate of drug-likeness (QED) is 0.0881. The molecule has 3 fully saturated rings. The van der Waals surface area contributed by atoms with Gasteiger partial charge in [0, 0.05) is 44.2 Å². The summed E-state index contributed by atoms with van der Waals surface area (Å²) in [6.45, 7) is 16.2. The smallest absolute Gasteiger partial charge is 0.319 e. The number of fused-ring (bicyclic) bond motifs is 4. The lowest BCUT2D eigenvalue weighted by molar-refractivity contribution is 0.0512. The molecule has 0 amide bonds. The van der Waals surface area contributed by atoms with Crippen molar-refractivity contribution in [3.05, 3.63) is 41.5 Å². The fraction of sp³-hybridized carbons (Fsp3) is 0.568. The van der Waals surface area contributed by atoms with Gasteiger partial charge in [0.25, 0.3) is 0 Å². The molecule has 0 saturated carbocycles. The van der Waals surface area contributed by atoms with Gasteiger partial charge in [-0.15, -0.1) is 5.54 Å². The molecule has 8 rings (SSSR count). The van der Waals surface area contributed by atoms with E-state index in [0.29, 0.717) is 77.1 Å². The molecular weight excluding hydrogens is 764 g/mol. The van der Waals surface area contributed by atoms with Crippen molar-refractivity contribution in [2.75, 3.05) is 64.9 Å². The molecule has 310 valence electrons. The van der Waals surface area contributed by atoms with Crippen LogP contribution in [0.1, 0.15) is 72.8 Å². The Hall–Kier alpha value is -4.16. The number of methoxy groups -OCH3 is 1. The molecule has 2 aromatic heterocycles. The maximum Gasteiger partial charge on any atom is 0.319 e. The summed E-state index contributed by atoms with van der Waals surface area (Å²) in [5, 5.41) is 1.31. The molecule has 0 spiro atoms. The van der Waals surface area contributed by atoms with Gasteiger partial charge in [-0.1, -0.05) is 53.5 Å². The van der Waals surface area contributed by atoms with Crippen LogP contribution in [0.4, 0.5) is 19.0 Å². The van der Waals surface area contributed by atoms with Crippen LogP contribution in [0.2, 0.25) is 16.6 Å². The third-order valence-corrected chi connectivity index (χ3v) is 19.3. The first kappa shape index (κ1) is 40.6. The number of pyridine rings is 1. The van der Waals surface area contributed by atoms with E-state index in [-0.39, 0.29) is 60.3 Å². The van der Waals surface area contributed by atoms with Crippen molar-refractivity contribution in [3.63, 3.8) is 0 Å². The number of alkyl halides is 1. The number of hydrogen-bond donors (Lipinski definition) is 0. The zero-order valence-corrected chi connectivity index (χ0v) is 35.6. The molecule has 3 atom stereocenters. The highest BCUT2D eigenvalue weighted by Gasteiger charge is 2.49. The molecule has 6 heterocycles. The zero-order chi connectivity index (χ0) is 40.9. The summed E-state index contributed by atoms with van der Waals surface area (Å²) in [5.74, 6) is 3.02. The number of hydrogen-bond acceptors (Lipinski definition) is 10. The molecule has 0 aliphatic carbocycles. The highest BCUT2D eigenvalue weighted by molar-refractivity contribution is 6.90. The molecule has 0 radical (unpaired) electrons. The summed E-state index contributed by atoms with van der Waals surface area (Å²) in [6, 6.07) is 6.20. The van der Waals surface area contributed by atoms with Crippen LogP contribution < -0.4 is 19.1 Å². The van der Waals surface area contributed by atoms with Crippen molar-refractivity contribution in [1.82, 2.24) is 19.9 Å². The predicted molar refractivity (Wildman–Crippen MR) is 221 cm³/mol. The first-order valence-electron chi connectivity index (χ1n) is 20.7. The second kappa shape index (κ2) is 16.1. The maximum atomic E-state index is 17.8. The standard InChI is InChI=1S/C44H54F3N5O5Si/c1-26(2)58(27(3)4,28(5)6)17-12-33-35(46)11-10-29-18-32(57-25-53-7)19-34(36(29)33)39-38(47)40-37-41(52-15-9-16-54-22-31(52)23-55-42(37)48-39)50-43(49-40)56-24-44-13-8-14-51(44)21-30(45)20-44/h10-11,18-19,26-28,30-31H,8-9,13-16,20-25H2,1-7H3/t30-,31-,44+/m1/s1. The number of rotatable bonds is 10. The molecule has 14 heteroatoms. The molecule has 0 unspecified atom stereocenters. The second-order valence-electron chi connectivity index (χ2n) is 17.3. The van der Waals surface area contributed by atoms with Gasteiger partial charge in [-0.25, -0.2) is 18.2 Å². The lowest BCUT2D eigenvalue weighted by Crippen LogP contribution is -2.43. The lowest BCUT2D eigenvalue weighted by Gasteiger charge is -2.38. The fourth-order valence-corrected chi connectivity index (χ4v) is 15.5.